The second-order valence-electron chi connectivity index (χ2n) is 5.56. The maximum atomic E-state index is 13.1. The summed E-state index contributed by atoms with van der Waals surface area (Å²) >= 11 is 5.92. The van der Waals surface area contributed by atoms with Crippen LogP contribution in [0.2, 0.25) is 5.02 Å². The fourth-order valence-corrected chi connectivity index (χ4v) is 3.57. The minimum absolute atomic E-state index is 0.256. The third-order valence-corrected chi connectivity index (χ3v) is 4.98. The molecular formula is C14H13ClF2N4O3S. The van der Waals surface area contributed by atoms with Gasteiger partial charge >= 0.3 is 0 Å². The first-order valence-corrected chi connectivity index (χ1v) is 9.47. The van der Waals surface area contributed by atoms with E-state index in [9.17, 15) is 22.0 Å². The van der Waals surface area contributed by atoms with Gasteiger partial charge in [-0.2, -0.15) is 9.90 Å². The van der Waals surface area contributed by atoms with Gasteiger partial charge in [-0.25, -0.2) is 17.2 Å². The Labute approximate surface area is 147 Å². The second-order valence-corrected chi connectivity index (χ2v) is 7.93. The lowest BCUT2D eigenvalue weighted by atomic mass is 10.2. The van der Waals surface area contributed by atoms with Crippen molar-refractivity contribution in [3.8, 4) is 0 Å². The van der Waals surface area contributed by atoms with Crippen molar-refractivity contribution in [1.29, 1.82) is 0 Å². The molecule has 1 fully saturated rings. The molecule has 2 aromatic rings. The molecule has 1 aliphatic heterocycles. The van der Waals surface area contributed by atoms with E-state index in [0.717, 1.165) is 11.1 Å². The third kappa shape index (κ3) is 3.36. The monoisotopic (exact) mass is 390 g/mol. The van der Waals surface area contributed by atoms with Crippen LogP contribution >= 0.6 is 11.6 Å². The highest BCUT2D eigenvalue weighted by Gasteiger charge is 2.38. The van der Waals surface area contributed by atoms with Crippen LogP contribution in [-0.2, 0) is 14.6 Å². The largest absolute Gasteiger partial charge is 0.310 e. The topological polar surface area (TPSA) is 85.2 Å². The average molecular weight is 391 g/mol. The van der Waals surface area contributed by atoms with Crippen LogP contribution in [-0.4, -0.2) is 42.1 Å². The molecule has 25 heavy (non-hydrogen) atoms. The molecule has 2 heterocycles. The SMILES string of the molecule is CS(=O)(=O)c1nn(C2CCN(c3cccc(Cl)c3)C2=O)nc1C(F)F. The number of rotatable bonds is 4. The number of alkyl halides is 2. The summed E-state index contributed by atoms with van der Waals surface area (Å²) in [5, 5.41) is 6.84. The molecule has 1 atom stereocenters. The zero-order valence-electron chi connectivity index (χ0n) is 12.9. The molecule has 1 aliphatic rings. The predicted molar refractivity (Wildman–Crippen MR) is 85.5 cm³/mol. The van der Waals surface area contributed by atoms with Crippen molar-refractivity contribution in [3.63, 3.8) is 0 Å². The number of carbonyl (C=O) groups is 1. The fraction of sp³-hybridized carbons (Fsp3) is 0.357. The number of hydrogen-bond donors (Lipinski definition) is 0. The lowest BCUT2D eigenvalue weighted by molar-refractivity contribution is -0.120. The van der Waals surface area contributed by atoms with Gasteiger partial charge in [0.05, 0.1) is 0 Å². The summed E-state index contributed by atoms with van der Waals surface area (Å²) in [4.78, 5) is 14.8. The maximum absolute atomic E-state index is 13.1. The summed E-state index contributed by atoms with van der Waals surface area (Å²) in [6.07, 6.45) is -2.09. The molecule has 11 heteroatoms. The zero-order chi connectivity index (χ0) is 18.4. The Hall–Kier alpha value is -2.07. The molecule has 0 spiro atoms. The van der Waals surface area contributed by atoms with Gasteiger partial charge in [0.1, 0.15) is 0 Å². The molecule has 1 aromatic carbocycles. The number of halogens is 3. The minimum Gasteiger partial charge on any atom is -0.310 e. The quantitative estimate of drug-likeness (QED) is 0.799. The summed E-state index contributed by atoms with van der Waals surface area (Å²) in [7, 11) is -3.99. The highest BCUT2D eigenvalue weighted by Crippen LogP contribution is 2.31. The van der Waals surface area contributed by atoms with E-state index in [2.05, 4.69) is 10.2 Å². The van der Waals surface area contributed by atoms with Crippen LogP contribution in [0.3, 0.4) is 0 Å². The number of amides is 1. The Bertz CT molecular complexity index is 932. The number of carbonyl (C=O) groups excluding carboxylic acids is 1. The van der Waals surface area contributed by atoms with Gasteiger partial charge in [0.2, 0.25) is 5.03 Å². The van der Waals surface area contributed by atoms with E-state index < -0.39 is 38.9 Å². The molecule has 1 amide bonds. The van der Waals surface area contributed by atoms with E-state index in [1.54, 1.807) is 24.3 Å². The third-order valence-electron chi connectivity index (χ3n) is 3.76. The Kier molecular flexibility index (Phi) is 4.50. The van der Waals surface area contributed by atoms with Crippen LogP contribution in [0, 0.1) is 0 Å². The van der Waals surface area contributed by atoms with E-state index in [0.29, 0.717) is 17.3 Å². The summed E-state index contributed by atoms with van der Waals surface area (Å²) in [5.74, 6) is -0.418. The van der Waals surface area contributed by atoms with Gasteiger partial charge in [-0.1, -0.05) is 17.7 Å². The van der Waals surface area contributed by atoms with Gasteiger partial charge in [-0.05, 0) is 24.6 Å². The lowest BCUT2D eigenvalue weighted by Crippen LogP contribution is -2.29. The molecule has 7 nitrogen and oxygen atoms in total. The predicted octanol–water partition coefficient (Wildman–Crippen LogP) is 2.25. The molecule has 0 aliphatic carbocycles. The molecule has 3 rings (SSSR count). The molecule has 1 saturated heterocycles. The molecule has 0 N–H and O–H groups in total. The molecule has 1 aromatic heterocycles. The fourth-order valence-electron chi connectivity index (χ4n) is 2.64. The van der Waals surface area contributed by atoms with E-state index in [-0.39, 0.29) is 6.42 Å². The van der Waals surface area contributed by atoms with Crippen LogP contribution < -0.4 is 4.90 Å². The lowest BCUT2D eigenvalue weighted by Gasteiger charge is -2.16. The van der Waals surface area contributed by atoms with Crippen molar-refractivity contribution in [1.82, 2.24) is 15.0 Å². The first-order valence-electron chi connectivity index (χ1n) is 7.20. The van der Waals surface area contributed by atoms with Crippen LogP contribution in [0.1, 0.15) is 24.6 Å². The molecule has 0 bridgehead atoms. The molecule has 0 saturated carbocycles. The Morgan fingerprint density at radius 1 is 1.32 bits per heavy atom. The van der Waals surface area contributed by atoms with Crippen molar-refractivity contribution < 1.29 is 22.0 Å². The van der Waals surface area contributed by atoms with E-state index in [4.69, 9.17) is 11.6 Å². The molecule has 134 valence electrons. The van der Waals surface area contributed by atoms with E-state index >= 15 is 0 Å². The number of sulfone groups is 1. The Morgan fingerprint density at radius 2 is 2.04 bits per heavy atom. The number of benzene rings is 1. The normalized spacial score (nSPS) is 18.4. The zero-order valence-corrected chi connectivity index (χ0v) is 14.5. The van der Waals surface area contributed by atoms with Crippen molar-refractivity contribution in [2.45, 2.75) is 23.9 Å². The summed E-state index contributed by atoms with van der Waals surface area (Å²) in [5.41, 5.74) is -0.388. The number of hydrogen-bond acceptors (Lipinski definition) is 5. The minimum atomic E-state index is -3.99. The number of nitrogens with zero attached hydrogens (tertiary/aromatic N) is 4. The van der Waals surface area contributed by atoms with Gasteiger partial charge in [0, 0.05) is 23.5 Å². The van der Waals surface area contributed by atoms with Gasteiger partial charge in [0.15, 0.2) is 21.6 Å². The van der Waals surface area contributed by atoms with Gasteiger partial charge in [0.25, 0.3) is 12.3 Å². The second kappa shape index (κ2) is 6.34. The van der Waals surface area contributed by atoms with E-state index in [1.165, 1.54) is 4.90 Å². The highest BCUT2D eigenvalue weighted by molar-refractivity contribution is 7.90. The smallest absolute Gasteiger partial charge is 0.285 e. The van der Waals surface area contributed by atoms with Crippen molar-refractivity contribution in [3.05, 3.63) is 35.0 Å². The van der Waals surface area contributed by atoms with Crippen LogP contribution in [0.15, 0.2) is 29.3 Å². The Morgan fingerprint density at radius 3 is 2.60 bits per heavy atom. The number of aromatic nitrogens is 3. The van der Waals surface area contributed by atoms with Gasteiger partial charge in [-0.15, -0.1) is 5.10 Å². The highest BCUT2D eigenvalue weighted by atomic mass is 35.5. The standard InChI is InChI=1S/C14H13ClF2N4O3S/c1-25(23,24)13-11(12(16)17)18-21(19-13)10-5-6-20(14(10)22)9-4-2-3-8(15)7-9/h2-4,7,10,12H,5-6H2,1H3. The van der Waals surface area contributed by atoms with Gasteiger partial charge in [-0.3, -0.25) is 4.79 Å². The summed E-state index contributed by atoms with van der Waals surface area (Å²) in [6.45, 7) is 0.309. The van der Waals surface area contributed by atoms with Crippen LogP contribution in [0.4, 0.5) is 14.5 Å². The van der Waals surface area contributed by atoms with Crippen molar-refractivity contribution >= 4 is 33.0 Å². The van der Waals surface area contributed by atoms with Crippen LogP contribution in [0.5, 0.6) is 0 Å². The first-order chi connectivity index (χ1) is 11.7. The maximum Gasteiger partial charge on any atom is 0.285 e. The van der Waals surface area contributed by atoms with E-state index in [1.807, 2.05) is 0 Å². The van der Waals surface area contributed by atoms with Crippen molar-refractivity contribution in [2.24, 2.45) is 0 Å². The molecular weight excluding hydrogens is 378 g/mol. The molecule has 0 radical (unpaired) electrons. The summed E-state index contributed by atoms with van der Waals surface area (Å²) < 4.78 is 49.4. The molecule has 1 unspecified atom stereocenters. The average Bonchev–Trinajstić information content (AvgIpc) is 3.10. The van der Waals surface area contributed by atoms with Crippen molar-refractivity contribution in [2.75, 3.05) is 17.7 Å². The first kappa shape index (κ1) is 17.7. The Balaban J connectivity index is 1.95. The van der Waals surface area contributed by atoms with Crippen LogP contribution in [0.25, 0.3) is 0 Å². The number of anilines is 1. The van der Waals surface area contributed by atoms with Gasteiger partial charge < -0.3 is 4.90 Å². The summed E-state index contributed by atoms with van der Waals surface area (Å²) in [6, 6.07) is 5.68.